The minimum Gasteiger partial charge on any atom is -0.496 e. The second-order valence-corrected chi connectivity index (χ2v) is 8.81. The average Bonchev–Trinajstić information content (AvgIpc) is 2.79. The van der Waals surface area contributed by atoms with Crippen LogP contribution in [0.25, 0.3) is 0 Å². The number of nitrogens with one attached hydrogen (secondary N) is 1. The van der Waals surface area contributed by atoms with Gasteiger partial charge in [0.15, 0.2) is 4.90 Å². The Hall–Kier alpha value is -3.77. The Labute approximate surface area is 197 Å². The van der Waals surface area contributed by atoms with E-state index in [1.807, 2.05) is 0 Å². The summed E-state index contributed by atoms with van der Waals surface area (Å²) < 4.78 is 36.0. The number of nitrogens with zero attached hydrogens (tertiary/aromatic N) is 2. The Morgan fingerprint density at radius 3 is 2.61 bits per heavy atom. The second kappa shape index (κ2) is 10.2. The maximum Gasteiger partial charge on any atom is 0.346 e. The molecule has 0 aliphatic rings. The van der Waals surface area contributed by atoms with Gasteiger partial charge in [-0.3, -0.25) is 14.9 Å². The van der Waals surface area contributed by atoms with Crippen molar-refractivity contribution in [2.45, 2.75) is 4.90 Å². The number of ether oxygens (including phenoxy) is 1. The number of hydrogen-bond donors (Lipinski definition) is 1. The first-order chi connectivity index (χ1) is 15.7. The van der Waals surface area contributed by atoms with Gasteiger partial charge in [-0.05, 0) is 42.0 Å². The van der Waals surface area contributed by atoms with Crippen molar-refractivity contribution in [3.8, 4) is 11.5 Å². The van der Waals surface area contributed by atoms with Crippen LogP contribution >= 0.6 is 15.9 Å². The number of carbonyl (C=O) groups excluding carboxylic acids is 1. The Bertz CT molecular complexity index is 1340. The van der Waals surface area contributed by atoms with Crippen molar-refractivity contribution < 1.29 is 27.1 Å². The number of methoxy groups -OCH3 is 1. The number of hydrazone groups is 1. The van der Waals surface area contributed by atoms with Gasteiger partial charge in [0.1, 0.15) is 11.5 Å². The van der Waals surface area contributed by atoms with Gasteiger partial charge in [0, 0.05) is 10.5 Å². The highest BCUT2D eigenvalue weighted by molar-refractivity contribution is 9.10. The normalized spacial score (nSPS) is 11.2. The van der Waals surface area contributed by atoms with Gasteiger partial charge in [-0.2, -0.15) is 13.5 Å². The fourth-order valence-corrected chi connectivity index (χ4v) is 4.17. The van der Waals surface area contributed by atoms with Crippen molar-refractivity contribution in [2.75, 3.05) is 7.11 Å². The maximum atomic E-state index is 12.6. The van der Waals surface area contributed by atoms with Crippen molar-refractivity contribution in [3.05, 3.63) is 92.4 Å². The number of rotatable bonds is 8. The van der Waals surface area contributed by atoms with Gasteiger partial charge in [0.05, 0.1) is 23.8 Å². The highest BCUT2D eigenvalue weighted by atomic mass is 79.9. The first-order valence-electron chi connectivity index (χ1n) is 9.16. The number of halogens is 1. The van der Waals surface area contributed by atoms with Crippen molar-refractivity contribution in [3.63, 3.8) is 0 Å². The number of para-hydroxylation sites is 1. The van der Waals surface area contributed by atoms with Crippen LogP contribution in [0.2, 0.25) is 0 Å². The molecular weight excluding hydrogens is 518 g/mol. The summed E-state index contributed by atoms with van der Waals surface area (Å²) >= 11 is 3.29. The lowest BCUT2D eigenvalue weighted by molar-refractivity contribution is -0.387. The van der Waals surface area contributed by atoms with Gasteiger partial charge in [-0.15, -0.1) is 0 Å². The van der Waals surface area contributed by atoms with E-state index < -0.39 is 31.5 Å². The summed E-state index contributed by atoms with van der Waals surface area (Å²) in [4.78, 5) is 22.1. The average molecular weight is 534 g/mol. The molecule has 0 unspecified atom stereocenters. The number of nitro benzene ring substituents is 1. The van der Waals surface area contributed by atoms with Crippen molar-refractivity contribution in [1.29, 1.82) is 0 Å². The topological polar surface area (TPSA) is 137 Å². The molecule has 0 saturated heterocycles. The molecule has 33 heavy (non-hydrogen) atoms. The molecule has 10 nitrogen and oxygen atoms in total. The molecule has 0 aromatic heterocycles. The maximum absolute atomic E-state index is 12.6. The van der Waals surface area contributed by atoms with E-state index in [0.717, 1.165) is 12.1 Å². The minimum absolute atomic E-state index is 0.0860. The van der Waals surface area contributed by atoms with Crippen LogP contribution in [-0.2, 0) is 10.1 Å². The molecule has 0 atom stereocenters. The molecule has 170 valence electrons. The van der Waals surface area contributed by atoms with Gasteiger partial charge in [0.2, 0.25) is 0 Å². The number of hydrogen-bond acceptors (Lipinski definition) is 8. The van der Waals surface area contributed by atoms with Crippen LogP contribution in [0.5, 0.6) is 11.5 Å². The molecule has 3 aromatic rings. The fraction of sp³-hybridized carbons (Fsp3) is 0.0476. The molecule has 0 aliphatic heterocycles. The van der Waals surface area contributed by atoms with E-state index in [2.05, 4.69) is 26.5 Å². The largest absolute Gasteiger partial charge is 0.496 e. The lowest BCUT2D eigenvalue weighted by atomic mass is 10.2. The first-order valence-corrected chi connectivity index (χ1v) is 11.4. The van der Waals surface area contributed by atoms with Crippen LogP contribution in [0.15, 0.2) is 81.2 Å². The summed E-state index contributed by atoms with van der Waals surface area (Å²) in [6, 6.07) is 15.6. The SMILES string of the molecule is COc1ccc(Br)cc1C(=O)N/N=C\c1cccc(OS(=O)(=O)c2ccccc2[N+](=O)[O-])c1. The van der Waals surface area contributed by atoms with Crippen LogP contribution < -0.4 is 14.3 Å². The number of carbonyl (C=O) groups is 1. The van der Waals surface area contributed by atoms with Gasteiger partial charge in [-0.25, -0.2) is 5.43 Å². The van der Waals surface area contributed by atoms with Crippen LogP contribution in [0.3, 0.4) is 0 Å². The molecule has 0 bridgehead atoms. The molecule has 0 fully saturated rings. The summed E-state index contributed by atoms with van der Waals surface area (Å²) in [6.07, 6.45) is 1.28. The third-order valence-corrected chi connectivity index (χ3v) is 5.97. The van der Waals surface area contributed by atoms with E-state index in [1.54, 1.807) is 24.3 Å². The summed E-state index contributed by atoms with van der Waals surface area (Å²) in [7, 11) is -3.02. The highest BCUT2D eigenvalue weighted by Crippen LogP contribution is 2.27. The summed E-state index contributed by atoms with van der Waals surface area (Å²) in [5.41, 5.74) is 2.43. The van der Waals surface area contributed by atoms with Crippen molar-refractivity contribution in [2.24, 2.45) is 5.10 Å². The van der Waals surface area contributed by atoms with E-state index in [0.29, 0.717) is 15.8 Å². The predicted octanol–water partition coefficient (Wildman–Crippen LogP) is 3.90. The number of benzene rings is 3. The smallest absolute Gasteiger partial charge is 0.346 e. The quantitative estimate of drug-likeness (QED) is 0.200. The van der Waals surface area contributed by atoms with Crippen LogP contribution in [-0.4, -0.2) is 32.6 Å². The standard InChI is InChI=1S/C21H16BrN3O7S/c1-31-19-10-9-15(22)12-17(19)21(26)24-23-13-14-5-4-6-16(11-14)32-33(29,30)20-8-3-2-7-18(20)25(27)28/h2-13H,1H3,(H,24,26)/b23-13-. The van der Waals surface area contributed by atoms with E-state index in [4.69, 9.17) is 8.92 Å². The summed E-state index contributed by atoms with van der Waals surface area (Å²) in [5.74, 6) is -0.241. The first kappa shape index (κ1) is 23.9. The molecule has 3 rings (SSSR count). The molecule has 3 aromatic carbocycles. The number of nitro groups is 1. The Balaban J connectivity index is 1.75. The van der Waals surface area contributed by atoms with Crippen LogP contribution in [0.1, 0.15) is 15.9 Å². The highest BCUT2D eigenvalue weighted by Gasteiger charge is 2.27. The van der Waals surface area contributed by atoms with E-state index in [9.17, 15) is 23.3 Å². The van der Waals surface area contributed by atoms with Crippen molar-refractivity contribution in [1.82, 2.24) is 5.43 Å². The zero-order valence-corrected chi connectivity index (χ0v) is 19.4. The lowest BCUT2D eigenvalue weighted by Crippen LogP contribution is -2.18. The van der Waals surface area contributed by atoms with Crippen LogP contribution in [0.4, 0.5) is 5.69 Å². The van der Waals surface area contributed by atoms with E-state index >= 15 is 0 Å². The summed E-state index contributed by atoms with van der Waals surface area (Å²) in [6.45, 7) is 0. The molecule has 0 aliphatic carbocycles. The molecule has 1 amide bonds. The Morgan fingerprint density at radius 2 is 1.88 bits per heavy atom. The monoisotopic (exact) mass is 533 g/mol. The van der Waals surface area contributed by atoms with E-state index in [-0.39, 0.29) is 11.3 Å². The Morgan fingerprint density at radius 1 is 1.12 bits per heavy atom. The van der Waals surface area contributed by atoms with Gasteiger partial charge in [0.25, 0.3) is 11.6 Å². The molecule has 0 spiro atoms. The molecule has 1 N–H and O–H groups in total. The second-order valence-electron chi connectivity index (χ2n) is 6.38. The zero-order chi connectivity index (χ0) is 24.0. The number of amides is 1. The van der Waals surface area contributed by atoms with Crippen LogP contribution in [0, 0.1) is 10.1 Å². The minimum atomic E-state index is -4.46. The Kier molecular flexibility index (Phi) is 7.41. The lowest BCUT2D eigenvalue weighted by Gasteiger charge is -2.08. The van der Waals surface area contributed by atoms with E-state index in [1.165, 1.54) is 43.7 Å². The van der Waals surface area contributed by atoms with Gasteiger partial charge < -0.3 is 8.92 Å². The predicted molar refractivity (Wildman–Crippen MR) is 123 cm³/mol. The molecule has 0 saturated carbocycles. The molecular formula is C21H16BrN3O7S. The van der Waals surface area contributed by atoms with Gasteiger partial charge in [-0.1, -0.05) is 40.2 Å². The third kappa shape index (κ3) is 5.93. The fourth-order valence-electron chi connectivity index (χ4n) is 2.72. The van der Waals surface area contributed by atoms with Gasteiger partial charge >= 0.3 is 10.1 Å². The molecule has 0 heterocycles. The summed E-state index contributed by atoms with van der Waals surface area (Å²) in [5, 5.41) is 15.0. The molecule has 12 heteroatoms. The van der Waals surface area contributed by atoms with Crippen molar-refractivity contribution >= 4 is 43.9 Å². The zero-order valence-electron chi connectivity index (χ0n) is 17.0. The molecule has 0 radical (unpaired) electrons. The third-order valence-electron chi connectivity index (χ3n) is 4.18.